The maximum Gasteiger partial charge on any atom is 0.254 e. The molecule has 0 aliphatic heterocycles. The van der Waals surface area contributed by atoms with Gasteiger partial charge in [-0.3, -0.25) is 9.59 Å². The van der Waals surface area contributed by atoms with E-state index in [0.29, 0.717) is 17.5 Å². The molecule has 0 bridgehead atoms. The van der Waals surface area contributed by atoms with Crippen LogP contribution in [0, 0.1) is 19.7 Å². The van der Waals surface area contributed by atoms with Crippen LogP contribution in [0.5, 0.6) is 0 Å². The summed E-state index contributed by atoms with van der Waals surface area (Å²) in [7, 11) is 0. The molecular formula is C23H23BrFN5O2S. The molecule has 33 heavy (non-hydrogen) atoms. The molecule has 1 aromatic heterocycles. The van der Waals surface area contributed by atoms with Gasteiger partial charge in [-0.15, -0.1) is 16.8 Å². The number of benzene rings is 2. The van der Waals surface area contributed by atoms with Gasteiger partial charge >= 0.3 is 0 Å². The zero-order valence-corrected chi connectivity index (χ0v) is 20.6. The Morgan fingerprint density at radius 3 is 2.58 bits per heavy atom. The smallest absolute Gasteiger partial charge is 0.254 e. The van der Waals surface area contributed by atoms with E-state index in [1.165, 1.54) is 30.0 Å². The van der Waals surface area contributed by atoms with E-state index in [1.54, 1.807) is 16.7 Å². The van der Waals surface area contributed by atoms with Gasteiger partial charge in [0.05, 0.1) is 17.9 Å². The zero-order chi connectivity index (χ0) is 24.0. The summed E-state index contributed by atoms with van der Waals surface area (Å²) in [5.74, 6) is -0.708. The molecule has 0 aliphatic carbocycles. The van der Waals surface area contributed by atoms with Crippen molar-refractivity contribution < 1.29 is 14.0 Å². The van der Waals surface area contributed by atoms with Crippen LogP contribution in [0.2, 0.25) is 0 Å². The molecule has 0 fully saturated rings. The minimum absolute atomic E-state index is 0.0444. The van der Waals surface area contributed by atoms with Gasteiger partial charge in [-0.05, 0) is 49.2 Å². The highest BCUT2D eigenvalue weighted by Crippen LogP contribution is 2.26. The highest BCUT2D eigenvalue weighted by molar-refractivity contribution is 9.10. The third-order valence-corrected chi connectivity index (χ3v) is 6.15. The van der Waals surface area contributed by atoms with Crippen LogP contribution in [0.25, 0.3) is 0 Å². The van der Waals surface area contributed by atoms with E-state index in [1.807, 2.05) is 26.0 Å². The number of halogens is 2. The molecule has 2 aromatic carbocycles. The fourth-order valence-electron chi connectivity index (χ4n) is 3.18. The van der Waals surface area contributed by atoms with Gasteiger partial charge in [0.25, 0.3) is 5.91 Å². The Morgan fingerprint density at radius 1 is 1.21 bits per heavy atom. The van der Waals surface area contributed by atoms with Gasteiger partial charge in [-0.25, -0.2) is 4.39 Å². The summed E-state index contributed by atoms with van der Waals surface area (Å²) in [6.07, 6.45) is 1.67. The predicted molar refractivity (Wildman–Crippen MR) is 131 cm³/mol. The minimum Gasteiger partial charge on any atom is -0.345 e. The van der Waals surface area contributed by atoms with E-state index in [4.69, 9.17) is 0 Å². The Bertz CT molecular complexity index is 1170. The zero-order valence-electron chi connectivity index (χ0n) is 18.2. The van der Waals surface area contributed by atoms with E-state index in [-0.39, 0.29) is 23.8 Å². The lowest BCUT2D eigenvalue weighted by Crippen LogP contribution is -2.25. The molecule has 0 radical (unpaired) electrons. The Labute approximate surface area is 204 Å². The number of hydrogen-bond acceptors (Lipinski definition) is 5. The van der Waals surface area contributed by atoms with Crippen molar-refractivity contribution in [3.63, 3.8) is 0 Å². The Hall–Kier alpha value is -2.98. The maximum atomic E-state index is 13.8. The van der Waals surface area contributed by atoms with E-state index in [9.17, 15) is 14.0 Å². The van der Waals surface area contributed by atoms with Crippen molar-refractivity contribution in [2.45, 2.75) is 32.1 Å². The molecule has 1 heterocycles. The molecule has 2 amide bonds. The average molecular weight is 532 g/mol. The number of nitrogens with zero attached hydrogens (tertiary/aromatic N) is 3. The first-order valence-electron chi connectivity index (χ1n) is 10.0. The first-order valence-corrected chi connectivity index (χ1v) is 11.8. The highest BCUT2D eigenvalue weighted by Gasteiger charge is 2.17. The second-order valence-corrected chi connectivity index (χ2v) is 9.07. The highest BCUT2D eigenvalue weighted by atomic mass is 79.9. The molecule has 172 valence electrons. The van der Waals surface area contributed by atoms with Crippen molar-refractivity contribution in [2.75, 3.05) is 11.1 Å². The largest absolute Gasteiger partial charge is 0.345 e. The SMILES string of the molecule is C=CCn1c(CNC(=O)c2ccccc2F)nnc1SCC(=O)Nc1c(C)cc(Br)cc1C. The summed E-state index contributed by atoms with van der Waals surface area (Å²) in [5.41, 5.74) is 2.66. The van der Waals surface area contributed by atoms with Gasteiger partial charge in [0, 0.05) is 16.7 Å². The molecule has 10 heteroatoms. The van der Waals surface area contributed by atoms with E-state index in [0.717, 1.165) is 21.3 Å². The molecule has 2 N–H and O–H groups in total. The lowest BCUT2D eigenvalue weighted by molar-refractivity contribution is -0.113. The quantitative estimate of drug-likeness (QED) is 0.310. The Balaban J connectivity index is 1.64. The third-order valence-electron chi connectivity index (χ3n) is 4.72. The first kappa shape index (κ1) is 24.7. The number of hydrogen-bond donors (Lipinski definition) is 2. The molecule has 0 spiro atoms. The number of thioether (sulfide) groups is 1. The number of anilines is 1. The molecular weight excluding hydrogens is 509 g/mol. The van der Waals surface area contributed by atoms with E-state index >= 15 is 0 Å². The molecule has 3 aromatic rings. The lowest BCUT2D eigenvalue weighted by atomic mass is 10.1. The van der Waals surface area contributed by atoms with Gasteiger partial charge in [0.1, 0.15) is 5.82 Å². The van der Waals surface area contributed by atoms with Crippen molar-refractivity contribution in [1.29, 1.82) is 0 Å². The summed E-state index contributed by atoms with van der Waals surface area (Å²) < 4.78 is 16.5. The fraction of sp³-hybridized carbons (Fsp3) is 0.217. The van der Waals surface area contributed by atoms with Crippen molar-refractivity contribution in [3.05, 3.63) is 81.9 Å². The van der Waals surface area contributed by atoms with Crippen LogP contribution in [0.3, 0.4) is 0 Å². The van der Waals surface area contributed by atoms with Crippen molar-refractivity contribution >= 4 is 45.2 Å². The number of nitrogens with one attached hydrogen (secondary N) is 2. The summed E-state index contributed by atoms with van der Waals surface area (Å²) in [4.78, 5) is 24.8. The number of rotatable bonds is 9. The lowest BCUT2D eigenvalue weighted by Gasteiger charge is -2.12. The van der Waals surface area contributed by atoms with Gasteiger partial charge in [0.2, 0.25) is 5.91 Å². The van der Waals surface area contributed by atoms with Crippen LogP contribution >= 0.6 is 27.7 Å². The summed E-state index contributed by atoms with van der Waals surface area (Å²) in [6.45, 7) is 8.06. The topological polar surface area (TPSA) is 88.9 Å². The monoisotopic (exact) mass is 531 g/mol. The number of aromatic nitrogens is 3. The van der Waals surface area contributed by atoms with E-state index in [2.05, 4.69) is 43.3 Å². The third kappa shape index (κ3) is 6.29. The molecule has 7 nitrogen and oxygen atoms in total. The van der Waals surface area contributed by atoms with Crippen molar-refractivity contribution in [1.82, 2.24) is 20.1 Å². The van der Waals surface area contributed by atoms with Gasteiger partial charge in [-0.1, -0.05) is 45.9 Å². The Morgan fingerprint density at radius 2 is 1.91 bits per heavy atom. The van der Waals surface area contributed by atoms with Gasteiger partial charge < -0.3 is 15.2 Å². The van der Waals surface area contributed by atoms with Crippen LogP contribution in [0.15, 0.2) is 58.7 Å². The fourth-order valence-corrected chi connectivity index (χ4v) is 4.64. The molecule has 3 rings (SSSR count). The number of carbonyl (C=O) groups is 2. The second-order valence-electron chi connectivity index (χ2n) is 7.21. The number of carbonyl (C=O) groups excluding carboxylic acids is 2. The standard InChI is InChI=1S/C23H23BrFN5O2S/c1-4-9-30-19(12-26-22(32)17-7-5-6-8-18(17)25)28-29-23(30)33-13-20(31)27-21-14(2)10-16(24)11-15(21)3/h4-8,10-11H,1,9,12-13H2,2-3H3,(H,26,32)(H,27,31). The van der Waals surface area contributed by atoms with E-state index < -0.39 is 11.7 Å². The number of allylic oxidation sites excluding steroid dienone is 1. The molecule has 0 saturated carbocycles. The predicted octanol–water partition coefficient (Wildman–Crippen LogP) is 4.64. The van der Waals surface area contributed by atoms with Crippen molar-refractivity contribution in [3.8, 4) is 0 Å². The summed E-state index contributed by atoms with van der Waals surface area (Å²) in [5, 5.41) is 14.4. The van der Waals surface area contributed by atoms with Crippen LogP contribution in [0.4, 0.5) is 10.1 Å². The Kier molecular flexibility index (Phi) is 8.40. The normalized spacial score (nSPS) is 10.7. The summed E-state index contributed by atoms with van der Waals surface area (Å²) >= 11 is 4.68. The second kappa shape index (κ2) is 11.2. The molecule has 0 atom stereocenters. The number of aryl methyl sites for hydroxylation is 2. The van der Waals surface area contributed by atoms with Crippen LogP contribution in [0.1, 0.15) is 27.3 Å². The molecule has 0 unspecified atom stereocenters. The first-order chi connectivity index (χ1) is 15.8. The van der Waals surface area contributed by atoms with Crippen LogP contribution < -0.4 is 10.6 Å². The average Bonchev–Trinajstić information content (AvgIpc) is 3.15. The summed E-state index contributed by atoms with van der Waals surface area (Å²) in [6, 6.07) is 9.64. The maximum absolute atomic E-state index is 13.8. The minimum atomic E-state index is -0.596. The van der Waals surface area contributed by atoms with Gasteiger partial charge in [0.15, 0.2) is 11.0 Å². The van der Waals surface area contributed by atoms with Crippen molar-refractivity contribution in [2.24, 2.45) is 0 Å². The molecule has 0 saturated heterocycles. The molecule has 0 aliphatic rings. The van der Waals surface area contributed by atoms with Crippen LogP contribution in [-0.2, 0) is 17.9 Å². The van der Waals surface area contributed by atoms with Gasteiger partial charge in [-0.2, -0.15) is 0 Å². The van der Waals surface area contributed by atoms with Crippen LogP contribution in [-0.4, -0.2) is 32.3 Å². The number of amides is 2.